The maximum atomic E-state index is 11.8. The van der Waals surface area contributed by atoms with Gasteiger partial charge >= 0.3 is 11.9 Å². The van der Waals surface area contributed by atoms with E-state index in [0.29, 0.717) is 0 Å². The molecular weight excluding hydrogens is 272 g/mol. The predicted octanol–water partition coefficient (Wildman–Crippen LogP) is 0.252. The lowest BCUT2D eigenvalue weighted by atomic mass is 10.1. The fourth-order valence-electron chi connectivity index (χ4n) is 1.44. The Morgan fingerprint density at radius 1 is 1.25 bits per heavy atom. The van der Waals surface area contributed by atoms with Crippen molar-refractivity contribution in [2.45, 2.75) is 12.5 Å². The number of carboxylic acids is 2. The third-order valence-corrected chi connectivity index (χ3v) is 2.33. The average Bonchev–Trinajstić information content (AvgIpc) is 2.37. The maximum Gasteiger partial charge on any atom is 0.326 e. The van der Waals surface area contributed by atoms with Crippen LogP contribution < -0.4 is 5.32 Å². The van der Waals surface area contributed by atoms with Crippen molar-refractivity contribution < 1.29 is 29.5 Å². The number of hydrogen-bond acceptors (Lipinski definition) is 5. The minimum atomic E-state index is -1.67. The van der Waals surface area contributed by atoms with Gasteiger partial charge in [-0.3, -0.25) is 19.7 Å². The van der Waals surface area contributed by atoms with Gasteiger partial charge in [0, 0.05) is 6.07 Å². The second-order valence-electron chi connectivity index (χ2n) is 3.74. The minimum Gasteiger partial charge on any atom is -0.481 e. The Morgan fingerprint density at radius 3 is 2.35 bits per heavy atom. The van der Waals surface area contributed by atoms with Gasteiger partial charge in [0.15, 0.2) is 0 Å². The smallest absolute Gasteiger partial charge is 0.326 e. The molecule has 3 N–H and O–H groups in total. The van der Waals surface area contributed by atoms with Crippen LogP contribution in [0.5, 0.6) is 0 Å². The van der Waals surface area contributed by atoms with E-state index in [-0.39, 0.29) is 5.56 Å². The number of para-hydroxylation sites is 1. The van der Waals surface area contributed by atoms with E-state index < -0.39 is 40.9 Å². The van der Waals surface area contributed by atoms with E-state index in [1.807, 2.05) is 5.32 Å². The highest BCUT2D eigenvalue weighted by Gasteiger charge is 2.26. The second-order valence-corrected chi connectivity index (χ2v) is 3.74. The zero-order valence-corrected chi connectivity index (χ0v) is 9.98. The minimum absolute atomic E-state index is 0.339. The maximum absolute atomic E-state index is 11.8. The van der Waals surface area contributed by atoms with Gasteiger partial charge in [-0.25, -0.2) is 4.79 Å². The highest BCUT2D eigenvalue weighted by molar-refractivity contribution is 6.00. The Balaban J connectivity index is 2.98. The van der Waals surface area contributed by atoms with Gasteiger partial charge in [-0.2, -0.15) is 0 Å². The summed E-state index contributed by atoms with van der Waals surface area (Å²) in [6.07, 6.45) is -0.832. The summed E-state index contributed by atoms with van der Waals surface area (Å²) in [6, 6.07) is 3.28. The van der Waals surface area contributed by atoms with Crippen LogP contribution in [0.15, 0.2) is 24.3 Å². The van der Waals surface area contributed by atoms with Crippen LogP contribution >= 0.6 is 0 Å². The standard InChI is InChI=1S/C11H10N2O7/c14-9(15)5-7(11(17)18)12-10(16)6-3-1-2-4-8(6)13(19)20/h1-4,7H,5H2,(H,12,16)(H,14,15)(H,17,18)/t7-/m0/s1. The molecule has 0 aliphatic carbocycles. The van der Waals surface area contributed by atoms with Crippen LogP contribution in [0, 0.1) is 10.1 Å². The first-order valence-corrected chi connectivity index (χ1v) is 5.31. The number of rotatable bonds is 6. The zero-order chi connectivity index (χ0) is 15.3. The summed E-state index contributed by atoms with van der Waals surface area (Å²) in [5.41, 5.74) is -0.835. The quantitative estimate of drug-likeness (QED) is 0.500. The van der Waals surface area contributed by atoms with E-state index in [1.54, 1.807) is 0 Å². The molecule has 0 heterocycles. The summed E-state index contributed by atoms with van der Waals surface area (Å²) in [4.78, 5) is 43.0. The summed E-state index contributed by atoms with van der Waals surface area (Å²) >= 11 is 0. The molecule has 0 saturated carbocycles. The fourth-order valence-corrected chi connectivity index (χ4v) is 1.44. The third-order valence-electron chi connectivity index (χ3n) is 2.33. The number of hydrogen-bond donors (Lipinski definition) is 3. The lowest BCUT2D eigenvalue weighted by molar-refractivity contribution is -0.385. The van der Waals surface area contributed by atoms with Gasteiger partial charge in [-0.1, -0.05) is 12.1 Å². The summed E-state index contributed by atoms with van der Waals surface area (Å²) in [6.45, 7) is 0. The Bertz CT molecular complexity index is 570. The SMILES string of the molecule is O=C(O)C[C@H](NC(=O)c1ccccc1[N+](=O)[O-])C(=O)O. The van der Waals surface area contributed by atoms with E-state index in [2.05, 4.69) is 0 Å². The Morgan fingerprint density at radius 2 is 1.85 bits per heavy atom. The van der Waals surface area contributed by atoms with Crippen molar-refractivity contribution >= 4 is 23.5 Å². The number of nitro benzene ring substituents is 1. The van der Waals surface area contributed by atoms with Crippen LogP contribution in [0.2, 0.25) is 0 Å². The van der Waals surface area contributed by atoms with Gasteiger partial charge in [0.05, 0.1) is 11.3 Å². The first-order chi connectivity index (χ1) is 9.32. The number of nitro groups is 1. The van der Waals surface area contributed by atoms with Gasteiger partial charge in [-0.05, 0) is 6.07 Å². The van der Waals surface area contributed by atoms with Gasteiger partial charge in [0.25, 0.3) is 11.6 Å². The molecule has 1 atom stereocenters. The summed E-state index contributed by atoms with van der Waals surface area (Å²) in [7, 11) is 0. The molecule has 1 amide bonds. The third kappa shape index (κ3) is 3.77. The molecule has 20 heavy (non-hydrogen) atoms. The van der Waals surface area contributed by atoms with Gasteiger partial charge in [0.1, 0.15) is 11.6 Å². The van der Waals surface area contributed by atoms with Crippen LogP contribution in [0.4, 0.5) is 5.69 Å². The molecule has 0 saturated heterocycles. The van der Waals surface area contributed by atoms with Crippen molar-refractivity contribution in [3.8, 4) is 0 Å². The van der Waals surface area contributed by atoms with Crippen molar-refractivity contribution in [3.63, 3.8) is 0 Å². The van der Waals surface area contributed by atoms with E-state index in [9.17, 15) is 24.5 Å². The predicted molar refractivity (Wildman–Crippen MR) is 64.2 cm³/mol. The number of nitrogens with one attached hydrogen (secondary N) is 1. The second kappa shape index (κ2) is 6.27. The highest BCUT2D eigenvalue weighted by Crippen LogP contribution is 2.17. The summed E-state index contributed by atoms with van der Waals surface area (Å²) in [5, 5.41) is 30.0. The largest absolute Gasteiger partial charge is 0.481 e. The molecular formula is C11H10N2O7. The number of amides is 1. The van der Waals surface area contributed by atoms with Crippen molar-refractivity contribution in [1.82, 2.24) is 5.32 Å². The first kappa shape index (κ1) is 15.1. The Hall–Kier alpha value is -2.97. The number of benzene rings is 1. The first-order valence-electron chi connectivity index (χ1n) is 5.31. The number of carboxylic acid groups (broad SMARTS) is 2. The molecule has 9 heteroatoms. The number of carbonyl (C=O) groups is 3. The average molecular weight is 282 g/mol. The van der Waals surface area contributed by atoms with Crippen molar-refractivity contribution in [2.75, 3.05) is 0 Å². The van der Waals surface area contributed by atoms with Crippen molar-refractivity contribution in [1.29, 1.82) is 0 Å². The van der Waals surface area contributed by atoms with Crippen LogP contribution in [-0.2, 0) is 9.59 Å². The molecule has 0 aliphatic heterocycles. The normalized spacial score (nSPS) is 11.4. The molecule has 1 aromatic carbocycles. The highest BCUT2D eigenvalue weighted by atomic mass is 16.6. The van der Waals surface area contributed by atoms with E-state index >= 15 is 0 Å². The lowest BCUT2D eigenvalue weighted by Crippen LogP contribution is -2.42. The Labute approximate surface area is 112 Å². The van der Waals surface area contributed by atoms with Crippen LogP contribution in [0.25, 0.3) is 0 Å². The summed E-state index contributed by atoms with van der Waals surface area (Å²) < 4.78 is 0. The molecule has 0 aliphatic rings. The van der Waals surface area contributed by atoms with Gasteiger partial charge < -0.3 is 15.5 Å². The molecule has 0 unspecified atom stereocenters. The molecule has 0 bridgehead atoms. The molecule has 1 rings (SSSR count). The lowest BCUT2D eigenvalue weighted by Gasteiger charge is -2.12. The molecule has 0 aromatic heterocycles. The topological polar surface area (TPSA) is 147 Å². The zero-order valence-electron chi connectivity index (χ0n) is 9.98. The molecule has 0 fully saturated rings. The van der Waals surface area contributed by atoms with Crippen LogP contribution in [-0.4, -0.2) is 39.0 Å². The number of carbonyl (C=O) groups excluding carboxylic acids is 1. The molecule has 106 valence electrons. The Kier molecular flexibility index (Phi) is 4.73. The molecule has 0 radical (unpaired) electrons. The summed E-state index contributed by atoms with van der Waals surface area (Å²) in [5.74, 6) is -3.98. The monoisotopic (exact) mass is 282 g/mol. The fraction of sp³-hybridized carbons (Fsp3) is 0.182. The molecule has 9 nitrogen and oxygen atoms in total. The molecule has 0 spiro atoms. The van der Waals surface area contributed by atoms with Crippen LogP contribution in [0.1, 0.15) is 16.8 Å². The van der Waals surface area contributed by atoms with Crippen molar-refractivity contribution in [3.05, 3.63) is 39.9 Å². The number of nitrogens with zero attached hydrogens (tertiary/aromatic N) is 1. The van der Waals surface area contributed by atoms with Gasteiger partial charge in [-0.15, -0.1) is 0 Å². The van der Waals surface area contributed by atoms with E-state index in [1.165, 1.54) is 12.1 Å². The van der Waals surface area contributed by atoms with E-state index in [4.69, 9.17) is 10.2 Å². The molecule has 1 aromatic rings. The van der Waals surface area contributed by atoms with E-state index in [0.717, 1.165) is 12.1 Å². The van der Waals surface area contributed by atoms with Crippen LogP contribution in [0.3, 0.4) is 0 Å². The van der Waals surface area contributed by atoms with Gasteiger partial charge in [0.2, 0.25) is 0 Å². The van der Waals surface area contributed by atoms with Crippen molar-refractivity contribution in [2.24, 2.45) is 0 Å². The number of aliphatic carboxylic acids is 2.